The highest BCUT2D eigenvalue weighted by atomic mass is 16.1. The zero-order chi connectivity index (χ0) is 13.3. The Morgan fingerprint density at radius 3 is 2.59 bits per heavy atom. The number of carbonyl (C=O) groups excluding carboxylic acids is 1. The molecule has 4 heteroatoms. The Bertz CT molecular complexity index is 266. The van der Waals surface area contributed by atoms with Gasteiger partial charge in [-0.3, -0.25) is 4.79 Å². The summed E-state index contributed by atoms with van der Waals surface area (Å²) in [5, 5.41) is 14.8. The lowest BCUT2D eigenvalue weighted by molar-refractivity contribution is -0.120. The van der Waals surface area contributed by atoms with Crippen molar-refractivity contribution in [1.29, 1.82) is 5.26 Å². The number of rotatable bonds is 8. The first-order valence-corrected chi connectivity index (χ1v) is 6.26. The second-order valence-electron chi connectivity index (χ2n) is 5.47. The molecule has 0 heterocycles. The van der Waals surface area contributed by atoms with Gasteiger partial charge in [0.1, 0.15) is 0 Å². The van der Waals surface area contributed by atoms with Crippen LogP contribution in [0.4, 0.5) is 0 Å². The molecule has 0 fully saturated rings. The molecule has 1 amide bonds. The molecule has 17 heavy (non-hydrogen) atoms. The molecule has 0 saturated heterocycles. The number of hydrogen-bond donors (Lipinski definition) is 2. The SMILES string of the molecule is CC(C)CNC(=O)CNCCCC(C)(C)C#N. The molecule has 0 aromatic heterocycles. The normalized spacial score (nSPS) is 11.3. The van der Waals surface area contributed by atoms with Crippen molar-refractivity contribution in [2.75, 3.05) is 19.6 Å². The van der Waals surface area contributed by atoms with Crippen molar-refractivity contribution in [2.45, 2.75) is 40.5 Å². The number of carbonyl (C=O) groups is 1. The number of amides is 1. The average molecular weight is 239 g/mol. The Balaban J connectivity index is 3.46. The predicted octanol–water partition coefficient (Wildman–Crippen LogP) is 1.68. The van der Waals surface area contributed by atoms with Crippen molar-refractivity contribution in [1.82, 2.24) is 10.6 Å². The number of nitrogens with one attached hydrogen (secondary N) is 2. The Labute approximate surface area is 105 Å². The van der Waals surface area contributed by atoms with Crippen molar-refractivity contribution in [2.24, 2.45) is 11.3 Å². The van der Waals surface area contributed by atoms with Gasteiger partial charge in [-0.05, 0) is 39.2 Å². The van der Waals surface area contributed by atoms with E-state index in [1.165, 1.54) is 0 Å². The summed E-state index contributed by atoms with van der Waals surface area (Å²) in [5.41, 5.74) is -0.262. The minimum atomic E-state index is -0.262. The first-order valence-electron chi connectivity index (χ1n) is 6.26. The van der Waals surface area contributed by atoms with E-state index in [1.54, 1.807) is 0 Å². The predicted molar refractivity (Wildman–Crippen MR) is 69.3 cm³/mol. The quantitative estimate of drug-likeness (QED) is 0.633. The summed E-state index contributed by atoms with van der Waals surface area (Å²) in [6.45, 7) is 9.86. The maximum atomic E-state index is 11.3. The Kier molecular flexibility index (Phi) is 7.56. The fourth-order valence-corrected chi connectivity index (χ4v) is 1.29. The van der Waals surface area contributed by atoms with E-state index in [-0.39, 0.29) is 11.3 Å². The fourth-order valence-electron chi connectivity index (χ4n) is 1.29. The smallest absolute Gasteiger partial charge is 0.233 e. The molecule has 0 atom stereocenters. The summed E-state index contributed by atoms with van der Waals surface area (Å²) in [7, 11) is 0. The molecular formula is C13H25N3O. The molecule has 0 aliphatic rings. The molecular weight excluding hydrogens is 214 g/mol. The van der Waals surface area contributed by atoms with Gasteiger partial charge in [0.05, 0.1) is 18.0 Å². The molecule has 0 radical (unpaired) electrons. The maximum absolute atomic E-state index is 11.3. The van der Waals surface area contributed by atoms with Crippen LogP contribution in [-0.2, 0) is 4.79 Å². The Morgan fingerprint density at radius 1 is 1.41 bits per heavy atom. The van der Waals surface area contributed by atoms with E-state index in [9.17, 15) is 4.79 Å². The summed E-state index contributed by atoms with van der Waals surface area (Å²) in [5.74, 6) is 0.522. The van der Waals surface area contributed by atoms with Crippen LogP contribution in [0.3, 0.4) is 0 Å². The number of nitrogens with zero attached hydrogens (tertiary/aromatic N) is 1. The van der Waals surface area contributed by atoms with Crippen LogP contribution in [0.15, 0.2) is 0 Å². The molecule has 0 aliphatic carbocycles. The van der Waals surface area contributed by atoms with Gasteiger partial charge in [-0.15, -0.1) is 0 Å². The van der Waals surface area contributed by atoms with Crippen molar-refractivity contribution >= 4 is 5.91 Å². The van der Waals surface area contributed by atoms with E-state index in [2.05, 4.69) is 30.6 Å². The van der Waals surface area contributed by atoms with Crippen LogP contribution >= 0.6 is 0 Å². The molecule has 0 bridgehead atoms. The van der Waals surface area contributed by atoms with Crippen LogP contribution in [-0.4, -0.2) is 25.5 Å². The highest BCUT2D eigenvalue weighted by Crippen LogP contribution is 2.19. The summed E-state index contributed by atoms with van der Waals surface area (Å²) in [6.07, 6.45) is 1.77. The monoisotopic (exact) mass is 239 g/mol. The molecule has 98 valence electrons. The van der Waals surface area contributed by atoms with Gasteiger partial charge in [0.2, 0.25) is 5.91 Å². The van der Waals surface area contributed by atoms with Gasteiger partial charge in [-0.2, -0.15) is 5.26 Å². The molecule has 0 unspecified atom stereocenters. The lowest BCUT2D eigenvalue weighted by Gasteiger charge is -2.14. The van der Waals surface area contributed by atoms with Crippen molar-refractivity contribution in [3.05, 3.63) is 0 Å². The summed E-state index contributed by atoms with van der Waals surface area (Å²) >= 11 is 0. The molecule has 0 aromatic carbocycles. The van der Waals surface area contributed by atoms with Crippen LogP contribution in [0, 0.1) is 22.7 Å². The van der Waals surface area contributed by atoms with Crippen LogP contribution < -0.4 is 10.6 Å². The summed E-state index contributed by atoms with van der Waals surface area (Å²) in [4.78, 5) is 11.3. The van der Waals surface area contributed by atoms with Crippen LogP contribution in [0.2, 0.25) is 0 Å². The lowest BCUT2D eigenvalue weighted by atomic mass is 9.90. The van der Waals surface area contributed by atoms with E-state index in [1.807, 2.05) is 13.8 Å². The van der Waals surface area contributed by atoms with Gasteiger partial charge in [-0.25, -0.2) is 0 Å². The van der Waals surface area contributed by atoms with Gasteiger partial charge < -0.3 is 10.6 Å². The molecule has 0 aromatic rings. The molecule has 0 aliphatic heterocycles. The topological polar surface area (TPSA) is 64.9 Å². The molecule has 0 saturated carbocycles. The molecule has 0 rings (SSSR count). The fraction of sp³-hybridized carbons (Fsp3) is 0.846. The van der Waals surface area contributed by atoms with Gasteiger partial charge in [-0.1, -0.05) is 13.8 Å². The van der Waals surface area contributed by atoms with Crippen LogP contribution in [0.25, 0.3) is 0 Å². The minimum Gasteiger partial charge on any atom is -0.355 e. The number of nitriles is 1. The average Bonchev–Trinajstić information content (AvgIpc) is 2.25. The molecule has 0 spiro atoms. The standard InChI is InChI=1S/C13H25N3O/c1-11(2)8-16-12(17)9-15-7-5-6-13(3,4)10-14/h11,15H,5-9H2,1-4H3,(H,16,17). The highest BCUT2D eigenvalue weighted by molar-refractivity contribution is 5.77. The second kappa shape index (κ2) is 8.08. The third-order valence-corrected chi connectivity index (χ3v) is 2.45. The molecule has 2 N–H and O–H groups in total. The first-order chi connectivity index (χ1) is 7.87. The summed E-state index contributed by atoms with van der Waals surface area (Å²) < 4.78 is 0. The molecule has 4 nitrogen and oxygen atoms in total. The third kappa shape index (κ3) is 9.83. The Hall–Kier alpha value is -1.08. The highest BCUT2D eigenvalue weighted by Gasteiger charge is 2.15. The van der Waals surface area contributed by atoms with Crippen LogP contribution in [0.5, 0.6) is 0 Å². The lowest BCUT2D eigenvalue weighted by Crippen LogP contribution is -2.36. The second-order valence-corrected chi connectivity index (χ2v) is 5.47. The van der Waals surface area contributed by atoms with Gasteiger partial charge in [0, 0.05) is 6.54 Å². The zero-order valence-electron chi connectivity index (χ0n) is 11.5. The third-order valence-electron chi connectivity index (χ3n) is 2.45. The van der Waals surface area contributed by atoms with Gasteiger partial charge in [0.15, 0.2) is 0 Å². The largest absolute Gasteiger partial charge is 0.355 e. The van der Waals surface area contributed by atoms with E-state index in [0.717, 1.165) is 25.9 Å². The van der Waals surface area contributed by atoms with Crippen molar-refractivity contribution in [3.63, 3.8) is 0 Å². The first kappa shape index (κ1) is 15.9. The Morgan fingerprint density at radius 2 is 2.06 bits per heavy atom. The van der Waals surface area contributed by atoms with Crippen LogP contribution in [0.1, 0.15) is 40.5 Å². The van der Waals surface area contributed by atoms with Gasteiger partial charge in [0.25, 0.3) is 0 Å². The van der Waals surface area contributed by atoms with E-state index >= 15 is 0 Å². The van der Waals surface area contributed by atoms with E-state index in [4.69, 9.17) is 5.26 Å². The van der Waals surface area contributed by atoms with E-state index in [0.29, 0.717) is 12.5 Å². The number of hydrogen-bond acceptors (Lipinski definition) is 3. The van der Waals surface area contributed by atoms with Crippen molar-refractivity contribution < 1.29 is 4.79 Å². The zero-order valence-corrected chi connectivity index (χ0v) is 11.5. The van der Waals surface area contributed by atoms with E-state index < -0.39 is 0 Å². The van der Waals surface area contributed by atoms with Gasteiger partial charge >= 0.3 is 0 Å². The maximum Gasteiger partial charge on any atom is 0.233 e. The van der Waals surface area contributed by atoms with Crippen molar-refractivity contribution in [3.8, 4) is 6.07 Å². The minimum absolute atomic E-state index is 0.0400. The summed E-state index contributed by atoms with van der Waals surface area (Å²) in [6, 6.07) is 2.27.